The molecule has 0 radical (unpaired) electrons. The molecule has 0 unspecified atom stereocenters. The van der Waals surface area contributed by atoms with Crippen molar-refractivity contribution in [3.63, 3.8) is 0 Å². The first-order chi connectivity index (χ1) is 13.7. The average Bonchev–Trinajstić information content (AvgIpc) is 3.12. The Morgan fingerprint density at radius 3 is 2.54 bits per heavy atom. The van der Waals surface area contributed by atoms with E-state index in [0.29, 0.717) is 11.6 Å². The normalized spacial score (nSPS) is 11.2. The van der Waals surface area contributed by atoms with Crippen molar-refractivity contribution in [1.29, 1.82) is 0 Å². The van der Waals surface area contributed by atoms with E-state index >= 15 is 0 Å². The molecule has 0 aliphatic carbocycles. The van der Waals surface area contributed by atoms with Gasteiger partial charge in [0.2, 0.25) is 0 Å². The van der Waals surface area contributed by atoms with E-state index in [1.54, 1.807) is 27.5 Å². The zero-order valence-corrected chi connectivity index (χ0v) is 15.7. The van der Waals surface area contributed by atoms with Crippen LogP contribution in [0.2, 0.25) is 0 Å². The largest absolute Gasteiger partial charge is 0.497 e. The first-order valence-electron chi connectivity index (χ1n) is 8.55. The molecule has 4 aromatic rings. The lowest BCUT2D eigenvalue weighted by Gasteiger charge is -2.07. The van der Waals surface area contributed by atoms with Crippen molar-refractivity contribution in [3.05, 3.63) is 48.3 Å². The van der Waals surface area contributed by atoms with E-state index in [0.717, 1.165) is 39.0 Å². The summed E-state index contributed by atoms with van der Waals surface area (Å²) in [6.45, 7) is 0. The number of aromatic amines is 1. The van der Waals surface area contributed by atoms with Crippen molar-refractivity contribution in [2.24, 2.45) is 5.10 Å². The van der Waals surface area contributed by atoms with Crippen molar-refractivity contribution in [2.75, 3.05) is 26.8 Å². The van der Waals surface area contributed by atoms with Crippen LogP contribution in [0.15, 0.2) is 47.8 Å². The van der Waals surface area contributed by atoms with Gasteiger partial charge in [0, 0.05) is 17.0 Å². The van der Waals surface area contributed by atoms with Crippen molar-refractivity contribution in [3.8, 4) is 17.2 Å². The predicted molar refractivity (Wildman–Crippen MR) is 109 cm³/mol. The van der Waals surface area contributed by atoms with Crippen LogP contribution in [0, 0.1) is 0 Å². The molecule has 0 aliphatic rings. The van der Waals surface area contributed by atoms with Gasteiger partial charge < -0.3 is 19.2 Å². The lowest BCUT2D eigenvalue weighted by atomic mass is 10.2. The molecular formula is C20H19N5O3. The Balaban J connectivity index is 1.68. The Kier molecular flexibility index (Phi) is 4.67. The predicted octanol–water partition coefficient (Wildman–Crippen LogP) is 3.58. The fourth-order valence-corrected chi connectivity index (χ4v) is 2.99. The van der Waals surface area contributed by atoms with Gasteiger partial charge in [0.1, 0.15) is 34.6 Å². The van der Waals surface area contributed by atoms with Gasteiger partial charge in [-0.15, -0.1) is 0 Å². The number of methoxy groups -OCH3 is 3. The van der Waals surface area contributed by atoms with E-state index in [-0.39, 0.29) is 0 Å². The fourth-order valence-electron chi connectivity index (χ4n) is 2.99. The number of hydrazone groups is 1. The van der Waals surface area contributed by atoms with Gasteiger partial charge in [-0.25, -0.2) is 9.97 Å². The van der Waals surface area contributed by atoms with Crippen LogP contribution >= 0.6 is 0 Å². The number of nitrogens with zero attached hydrogens (tertiary/aromatic N) is 3. The van der Waals surface area contributed by atoms with Gasteiger partial charge >= 0.3 is 0 Å². The second kappa shape index (κ2) is 7.43. The molecule has 2 aromatic carbocycles. The van der Waals surface area contributed by atoms with E-state index in [2.05, 4.69) is 25.5 Å². The molecule has 0 bridgehead atoms. The van der Waals surface area contributed by atoms with E-state index < -0.39 is 0 Å². The van der Waals surface area contributed by atoms with Gasteiger partial charge in [0.05, 0.1) is 33.1 Å². The quantitative estimate of drug-likeness (QED) is 0.394. The molecule has 0 amide bonds. The summed E-state index contributed by atoms with van der Waals surface area (Å²) in [5, 5.41) is 5.29. The minimum absolute atomic E-state index is 0.568. The first-order valence-corrected chi connectivity index (χ1v) is 8.55. The van der Waals surface area contributed by atoms with Crippen LogP contribution in [0.4, 0.5) is 5.82 Å². The summed E-state index contributed by atoms with van der Waals surface area (Å²) < 4.78 is 15.9. The Bertz CT molecular complexity index is 1170. The maximum atomic E-state index is 5.36. The van der Waals surface area contributed by atoms with Crippen molar-refractivity contribution in [1.82, 2.24) is 15.0 Å². The van der Waals surface area contributed by atoms with Crippen LogP contribution in [0.1, 0.15) is 5.56 Å². The highest BCUT2D eigenvalue weighted by Gasteiger charge is 2.11. The number of fused-ring (bicyclic) bond motifs is 3. The number of anilines is 1. The lowest BCUT2D eigenvalue weighted by molar-refractivity contribution is 0.402. The van der Waals surface area contributed by atoms with E-state index in [9.17, 15) is 0 Å². The number of nitrogens with one attached hydrogen (secondary N) is 2. The van der Waals surface area contributed by atoms with Gasteiger partial charge in [-0.1, -0.05) is 0 Å². The summed E-state index contributed by atoms with van der Waals surface area (Å²) in [6, 6.07) is 11.3. The Labute approximate surface area is 161 Å². The molecule has 0 saturated heterocycles. The Morgan fingerprint density at radius 1 is 0.964 bits per heavy atom. The number of ether oxygens (including phenoxy) is 3. The second-order valence-corrected chi connectivity index (χ2v) is 5.96. The van der Waals surface area contributed by atoms with E-state index in [1.165, 1.54) is 6.33 Å². The topological polar surface area (TPSA) is 93.6 Å². The highest BCUT2D eigenvalue weighted by Crippen LogP contribution is 2.29. The molecule has 2 heterocycles. The van der Waals surface area contributed by atoms with Crippen LogP contribution in [0.3, 0.4) is 0 Å². The number of hydrogen-bond acceptors (Lipinski definition) is 7. The molecule has 8 nitrogen and oxygen atoms in total. The molecule has 28 heavy (non-hydrogen) atoms. The molecule has 0 atom stereocenters. The van der Waals surface area contributed by atoms with Crippen molar-refractivity contribution < 1.29 is 14.2 Å². The van der Waals surface area contributed by atoms with Crippen LogP contribution in [0.5, 0.6) is 17.2 Å². The molecular weight excluding hydrogens is 358 g/mol. The minimum Gasteiger partial charge on any atom is -0.497 e. The average molecular weight is 377 g/mol. The first kappa shape index (κ1) is 17.6. The molecule has 8 heteroatoms. The Morgan fingerprint density at radius 2 is 1.75 bits per heavy atom. The van der Waals surface area contributed by atoms with Crippen LogP contribution < -0.4 is 19.6 Å². The molecule has 0 spiro atoms. The maximum absolute atomic E-state index is 5.36. The fraction of sp³-hybridized carbons (Fsp3) is 0.150. The van der Waals surface area contributed by atoms with Gasteiger partial charge in [-0.05, 0) is 30.3 Å². The number of H-pyrrole nitrogens is 1. The molecule has 0 fully saturated rings. The molecule has 142 valence electrons. The summed E-state index contributed by atoms with van der Waals surface area (Å²) in [5.74, 6) is 2.75. The van der Waals surface area contributed by atoms with Gasteiger partial charge in [0.15, 0.2) is 5.82 Å². The third-order valence-corrected chi connectivity index (χ3v) is 4.40. The van der Waals surface area contributed by atoms with Crippen LogP contribution in [0.25, 0.3) is 21.9 Å². The zero-order valence-electron chi connectivity index (χ0n) is 15.7. The number of aromatic nitrogens is 3. The summed E-state index contributed by atoms with van der Waals surface area (Å²) in [5.41, 5.74) is 6.24. The summed E-state index contributed by atoms with van der Waals surface area (Å²) >= 11 is 0. The van der Waals surface area contributed by atoms with Gasteiger partial charge in [-0.3, -0.25) is 5.43 Å². The van der Waals surface area contributed by atoms with Gasteiger partial charge in [-0.2, -0.15) is 5.10 Å². The monoisotopic (exact) mass is 377 g/mol. The van der Waals surface area contributed by atoms with Crippen LogP contribution in [-0.2, 0) is 0 Å². The lowest BCUT2D eigenvalue weighted by Crippen LogP contribution is -1.97. The smallest absolute Gasteiger partial charge is 0.174 e. The third kappa shape index (κ3) is 3.16. The van der Waals surface area contributed by atoms with E-state index in [4.69, 9.17) is 14.2 Å². The number of rotatable bonds is 6. The second-order valence-electron chi connectivity index (χ2n) is 5.96. The molecule has 0 aliphatic heterocycles. The van der Waals surface area contributed by atoms with Crippen LogP contribution in [-0.4, -0.2) is 42.5 Å². The van der Waals surface area contributed by atoms with E-state index in [1.807, 2.05) is 36.4 Å². The maximum Gasteiger partial charge on any atom is 0.174 e. The van der Waals surface area contributed by atoms with Crippen molar-refractivity contribution >= 4 is 34.0 Å². The van der Waals surface area contributed by atoms with Crippen molar-refractivity contribution in [2.45, 2.75) is 0 Å². The summed E-state index contributed by atoms with van der Waals surface area (Å²) in [7, 11) is 4.86. The number of benzene rings is 2. The highest BCUT2D eigenvalue weighted by atomic mass is 16.5. The Hall–Kier alpha value is -3.81. The third-order valence-electron chi connectivity index (χ3n) is 4.40. The SMILES string of the molecule is COc1ccc(OC)c(C=NNc2ncnc3c2[nH]c2cc(OC)ccc23)c1. The standard InChI is InChI=1S/C20H19N5O3/c1-26-13-5-7-17(28-3)12(8-13)10-23-25-20-19-18(21-11-22-20)15-6-4-14(27-2)9-16(15)24-19/h4-11,24H,1-3H3,(H,21,22,25). The number of hydrogen-bond donors (Lipinski definition) is 2. The zero-order chi connectivity index (χ0) is 19.5. The summed E-state index contributed by atoms with van der Waals surface area (Å²) in [4.78, 5) is 12.0. The molecule has 2 aromatic heterocycles. The molecule has 2 N–H and O–H groups in total. The highest BCUT2D eigenvalue weighted by molar-refractivity contribution is 6.08. The molecule has 4 rings (SSSR count). The minimum atomic E-state index is 0.568. The summed E-state index contributed by atoms with van der Waals surface area (Å²) in [6.07, 6.45) is 3.16. The molecule has 0 saturated carbocycles. The van der Waals surface area contributed by atoms with Gasteiger partial charge in [0.25, 0.3) is 0 Å².